The monoisotopic (exact) mass is 460 g/mol. The second-order valence-corrected chi connectivity index (χ2v) is 9.37. The van der Waals surface area contributed by atoms with Crippen LogP contribution in [-0.4, -0.2) is 41.4 Å². The highest BCUT2D eigenvalue weighted by Gasteiger charge is 2.44. The van der Waals surface area contributed by atoms with Gasteiger partial charge in [-0.1, -0.05) is 54.2 Å². The van der Waals surface area contributed by atoms with Crippen molar-refractivity contribution in [1.82, 2.24) is 4.90 Å². The van der Waals surface area contributed by atoms with Gasteiger partial charge >= 0.3 is 0 Å². The van der Waals surface area contributed by atoms with E-state index in [9.17, 15) is 14.4 Å². The predicted molar refractivity (Wildman–Crippen MR) is 127 cm³/mol. The molecule has 0 saturated heterocycles. The molecule has 1 aliphatic heterocycles. The van der Waals surface area contributed by atoms with Crippen molar-refractivity contribution >= 4 is 35.2 Å². The standard InChI is InChI=1S/C26H24N2O4S/c1-26(2,28-24(30)19-12-6-7-13-20(19)25(28)31)17-32-16-23(29)27-21-14-8-9-15-22(21)33-18-10-4-3-5-11-18/h3-15H,16-17H2,1-2H3,(H,27,29). The fourth-order valence-corrected chi connectivity index (χ4v) is 4.58. The number of carbonyl (C=O) groups is 3. The summed E-state index contributed by atoms with van der Waals surface area (Å²) >= 11 is 1.56. The predicted octanol–water partition coefficient (Wildman–Crippen LogP) is 4.87. The molecule has 1 aliphatic rings. The minimum atomic E-state index is -0.908. The Bertz CT molecular complexity index is 1160. The Morgan fingerprint density at radius 2 is 1.45 bits per heavy atom. The maximum atomic E-state index is 12.7. The molecule has 3 amide bonds. The Hall–Kier alpha value is -3.42. The highest BCUT2D eigenvalue weighted by Crippen LogP contribution is 2.33. The molecular weight excluding hydrogens is 436 g/mol. The first-order valence-corrected chi connectivity index (χ1v) is 11.4. The molecule has 0 fully saturated rings. The van der Waals surface area contributed by atoms with Crippen molar-refractivity contribution in [2.24, 2.45) is 0 Å². The quantitative estimate of drug-likeness (QED) is 0.486. The van der Waals surface area contributed by atoms with E-state index in [4.69, 9.17) is 4.74 Å². The van der Waals surface area contributed by atoms with Crippen LogP contribution < -0.4 is 5.32 Å². The fourth-order valence-electron chi connectivity index (χ4n) is 3.66. The molecule has 3 aromatic rings. The van der Waals surface area contributed by atoms with Crippen molar-refractivity contribution in [1.29, 1.82) is 0 Å². The normalized spacial score (nSPS) is 13.2. The number of rotatable bonds is 8. The highest BCUT2D eigenvalue weighted by atomic mass is 32.2. The number of imide groups is 1. The number of anilines is 1. The second kappa shape index (κ2) is 9.60. The van der Waals surface area contributed by atoms with Gasteiger partial charge in [0.05, 0.1) is 29.0 Å². The van der Waals surface area contributed by atoms with Crippen molar-refractivity contribution in [3.05, 3.63) is 90.0 Å². The van der Waals surface area contributed by atoms with Gasteiger partial charge in [-0.2, -0.15) is 0 Å². The zero-order valence-electron chi connectivity index (χ0n) is 18.4. The minimum Gasteiger partial charge on any atom is -0.369 e. The van der Waals surface area contributed by atoms with Crippen LogP contribution >= 0.6 is 11.8 Å². The molecule has 0 saturated carbocycles. The molecule has 7 heteroatoms. The molecule has 168 valence electrons. The van der Waals surface area contributed by atoms with Gasteiger partial charge in [-0.3, -0.25) is 19.3 Å². The number of nitrogens with zero attached hydrogens (tertiary/aromatic N) is 1. The maximum absolute atomic E-state index is 12.7. The molecule has 0 unspecified atom stereocenters. The van der Waals surface area contributed by atoms with Crippen molar-refractivity contribution in [3.63, 3.8) is 0 Å². The van der Waals surface area contributed by atoms with Crippen LogP contribution in [0.4, 0.5) is 5.69 Å². The molecule has 33 heavy (non-hydrogen) atoms. The molecule has 4 rings (SSSR count). The average molecular weight is 461 g/mol. The van der Waals surface area contributed by atoms with Crippen molar-refractivity contribution in [2.45, 2.75) is 29.2 Å². The summed E-state index contributed by atoms with van der Waals surface area (Å²) in [7, 11) is 0. The summed E-state index contributed by atoms with van der Waals surface area (Å²) in [6.07, 6.45) is 0. The number of amides is 3. The van der Waals surface area contributed by atoms with Crippen molar-refractivity contribution in [2.75, 3.05) is 18.5 Å². The number of carbonyl (C=O) groups excluding carboxylic acids is 3. The van der Waals surface area contributed by atoms with Crippen LogP contribution in [0, 0.1) is 0 Å². The Morgan fingerprint density at radius 1 is 0.879 bits per heavy atom. The Labute approximate surface area is 196 Å². The number of ether oxygens (including phenoxy) is 1. The van der Waals surface area contributed by atoms with Crippen LogP contribution in [0.5, 0.6) is 0 Å². The van der Waals surface area contributed by atoms with Gasteiger partial charge in [0.1, 0.15) is 6.61 Å². The van der Waals surface area contributed by atoms with Crippen LogP contribution in [0.25, 0.3) is 0 Å². The summed E-state index contributed by atoms with van der Waals surface area (Å²) in [5, 5.41) is 2.89. The summed E-state index contributed by atoms with van der Waals surface area (Å²) in [5.74, 6) is -1.00. The number of benzene rings is 3. The van der Waals surface area contributed by atoms with Gasteiger partial charge < -0.3 is 10.1 Å². The number of hydrogen-bond acceptors (Lipinski definition) is 5. The molecule has 0 aliphatic carbocycles. The lowest BCUT2D eigenvalue weighted by atomic mass is 10.0. The van der Waals surface area contributed by atoms with Gasteiger partial charge in [0.15, 0.2) is 0 Å². The average Bonchev–Trinajstić information content (AvgIpc) is 3.06. The van der Waals surface area contributed by atoms with E-state index in [-0.39, 0.29) is 30.9 Å². The smallest absolute Gasteiger partial charge is 0.262 e. The largest absolute Gasteiger partial charge is 0.369 e. The first kappa shape index (κ1) is 22.8. The van der Waals surface area contributed by atoms with Gasteiger partial charge in [-0.15, -0.1) is 0 Å². The highest BCUT2D eigenvalue weighted by molar-refractivity contribution is 7.99. The van der Waals surface area contributed by atoms with E-state index in [1.807, 2.05) is 54.6 Å². The van der Waals surface area contributed by atoms with Crippen molar-refractivity contribution in [3.8, 4) is 0 Å². The molecule has 0 spiro atoms. The number of fused-ring (bicyclic) bond motifs is 1. The third-order valence-electron chi connectivity index (χ3n) is 5.22. The van der Waals surface area contributed by atoms with E-state index in [1.165, 1.54) is 4.90 Å². The van der Waals surface area contributed by atoms with E-state index in [2.05, 4.69) is 5.32 Å². The summed E-state index contributed by atoms with van der Waals surface area (Å²) in [4.78, 5) is 41.2. The lowest BCUT2D eigenvalue weighted by Crippen LogP contribution is -2.50. The van der Waals surface area contributed by atoms with Crippen molar-refractivity contribution < 1.29 is 19.1 Å². The lowest BCUT2D eigenvalue weighted by Gasteiger charge is -2.33. The molecule has 0 atom stereocenters. The van der Waals surface area contributed by atoms with E-state index in [0.717, 1.165) is 9.79 Å². The topological polar surface area (TPSA) is 75.7 Å². The molecule has 1 N–H and O–H groups in total. The number of para-hydroxylation sites is 1. The molecule has 0 radical (unpaired) electrons. The van der Waals surface area contributed by atoms with Crippen LogP contribution in [-0.2, 0) is 9.53 Å². The summed E-state index contributed by atoms with van der Waals surface area (Å²) in [6, 6.07) is 24.2. The van der Waals surface area contributed by atoms with Crippen LogP contribution in [0.3, 0.4) is 0 Å². The number of hydrogen-bond donors (Lipinski definition) is 1. The van der Waals surface area contributed by atoms with E-state index < -0.39 is 5.54 Å². The van der Waals surface area contributed by atoms with Crippen LogP contribution in [0.15, 0.2) is 88.7 Å². The Kier molecular flexibility index (Phi) is 6.62. The Balaban J connectivity index is 1.35. The maximum Gasteiger partial charge on any atom is 0.262 e. The van der Waals surface area contributed by atoms with Crippen LogP contribution in [0.1, 0.15) is 34.6 Å². The van der Waals surface area contributed by atoms with Gasteiger partial charge in [-0.05, 0) is 50.2 Å². The van der Waals surface area contributed by atoms with Crippen LogP contribution in [0.2, 0.25) is 0 Å². The zero-order valence-corrected chi connectivity index (χ0v) is 19.2. The van der Waals surface area contributed by atoms with Gasteiger partial charge in [0.2, 0.25) is 5.91 Å². The second-order valence-electron chi connectivity index (χ2n) is 8.26. The fraction of sp³-hybridized carbons (Fsp3) is 0.192. The molecule has 1 heterocycles. The molecule has 0 aromatic heterocycles. The number of nitrogens with one attached hydrogen (secondary N) is 1. The summed E-state index contributed by atoms with van der Waals surface area (Å²) in [6.45, 7) is 3.33. The summed E-state index contributed by atoms with van der Waals surface area (Å²) in [5.41, 5.74) is 0.565. The van der Waals surface area contributed by atoms with E-state index in [0.29, 0.717) is 16.8 Å². The molecule has 3 aromatic carbocycles. The van der Waals surface area contributed by atoms with Gasteiger partial charge in [0, 0.05) is 9.79 Å². The molecule has 0 bridgehead atoms. The third kappa shape index (κ3) is 4.99. The lowest BCUT2D eigenvalue weighted by molar-refractivity contribution is -0.121. The molecular formula is C26H24N2O4S. The minimum absolute atomic E-state index is 0.0340. The SMILES string of the molecule is CC(C)(COCC(=O)Nc1ccccc1Sc1ccccc1)N1C(=O)c2ccccc2C1=O. The molecule has 6 nitrogen and oxygen atoms in total. The third-order valence-corrected chi connectivity index (χ3v) is 6.30. The zero-order chi connectivity index (χ0) is 23.4. The first-order valence-electron chi connectivity index (χ1n) is 10.5. The van der Waals surface area contributed by atoms with E-state index in [1.54, 1.807) is 49.9 Å². The Morgan fingerprint density at radius 3 is 2.12 bits per heavy atom. The summed E-state index contributed by atoms with van der Waals surface area (Å²) < 4.78 is 5.63. The van der Waals surface area contributed by atoms with E-state index >= 15 is 0 Å². The van der Waals surface area contributed by atoms with Gasteiger partial charge in [0.25, 0.3) is 11.8 Å². The first-order chi connectivity index (χ1) is 15.9. The van der Waals surface area contributed by atoms with Gasteiger partial charge in [-0.25, -0.2) is 0 Å².